The number of rotatable bonds is 4. The molecular formula is C21H23ClN2O2. The number of piperazine rings is 1. The minimum Gasteiger partial charge on any atom is -0.496 e. The summed E-state index contributed by atoms with van der Waals surface area (Å²) in [5, 5.41) is 0.611. The molecule has 2 aromatic carbocycles. The fraction of sp³-hybridized carbons (Fsp3) is 0.286. The number of nitrogens with zero attached hydrogens (tertiary/aromatic N) is 2. The van der Waals surface area contributed by atoms with E-state index in [1.165, 1.54) is 0 Å². The van der Waals surface area contributed by atoms with Crippen molar-refractivity contribution in [2.45, 2.75) is 6.04 Å². The number of ether oxygens (including phenoxy) is 1. The lowest BCUT2D eigenvalue weighted by Gasteiger charge is -2.40. The molecule has 1 amide bonds. The van der Waals surface area contributed by atoms with Gasteiger partial charge in [0.15, 0.2) is 0 Å². The second-order valence-corrected chi connectivity index (χ2v) is 6.88. The van der Waals surface area contributed by atoms with Gasteiger partial charge in [-0.15, -0.1) is 0 Å². The molecule has 1 atom stereocenters. The summed E-state index contributed by atoms with van der Waals surface area (Å²) in [5.74, 6) is 0.686. The molecule has 0 aliphatic carbocycles. The van der Waals surface area contributed by atoms with Gasteiger partial charge in [0.05, 0.1) is 13.2 Å². The van der Waals surface area contributed by atoms with E-state index < -0.39 is 0 Å². The molecule has 1 aliphatic rings. The predicted molar refractivity (Wildman–Crippen MR) is 105 cm³/mol. The first kappa shape index (κ1) is 18.5. The van der Waals surface area contributed by atoms with E-state index in [1.807, 2.05) is 23.1 Å². The van der Waals surface area contributed by atoms with Crippen molar-refractivity contribution in [3.63, 3.8) is 0 Å². The lowest BCUT2D eigenvalue weighted by molar-refractivity contribution is -0.130. The SMILES string of the molecule is COc1ccc(Cl)cc1/C=C/C(=O)N1CCN(C)CC1c1ccccc1. The number of likely N-dealkylation sites (N-methyl/N-ethyl adjacent to an activating group) is 1. The lowest BCUT2D eigenvalue weighted by Crippen LogP contribution is -2.48. The van der Waals surface area contributed by atoms with Gasteiger partial charge in [-0.25, -0.2) is 0 Å². The number of benzene rings is 2. The van der Waals surface area contributed by atoms with Crippen LogP contribution in [0.4, 0.5) is 0 Å². The third-order valence-corrected chi connectivity index (χ3v) is 4.88. The van der Waals surface area contributed by atoms with Crippen LogP contribution in [-0.4, -0.2) is 49.5 Å². The van der Waals surface area contributed by atoms with Crippen molar-refractivity contribution in [3.8, 4) is 5.75 Å². The molecule has 1 unspecified atom stereocenters. The van der Waals surface area contributed by atoms with E-state index >= 15 is 0 Å². The Morgan fingerprint density at radius 2 is 1.96 bits per heavy atom. The Hall–Kier alpha value is -2.30. The fourth-order valence-electron chi connectivity index (χ4n) is 3.24. The molecule has 0 bridgehead atoms. The summed E-state index contributed by atoms with van der Waals surface area (Å²) < 4.78 is 5.34. The highest BCUT2D eigenvalue weighted by atomic mass is 35.5. The van der Waals surface area contributed by atoms with Crippen molar-refractivity contribution in [1.82, 2.24) is 9.80 Å². The van der Waals surface area contributed by atoms with Gasteiger partial charge in [0.2, 0.25) is 5.91 Å². The zero-order valence-corrected chi connectivity index (χ0v) is 15.8. The highest BCUT2D eigenvalue weighted by molar-refractivity contribution is 6.30. The van der Waals surface area contributed by atoms with Crippen LogP contribution in [0.3, 0.4) is 0 Å². The summed E-state index contributed by atoms with van der Waals surface area (Å²) >= 11 is 6.07. The summed E-state index contributed by atoms with van der Waals surface area (Å²) in [6.07, 6.45) is 3.38. The fourth-order valence-corrected chi connectivity index (χ4v) is 3.42. The summed E-state index contributed by atoms with van der Waals surface area (Å²) in [4.78, 5) is 17.1. The van der Waals surface area contributed by atoms with Crippen LogP contribution >= 0.6 is 11.6 Å². The normalized spacial score (nSPS) is 18.3. The molecule has 1 fully saturated rings. The Morgan fingerprint density at radius 1 is 1.19 bits per heavy atom. The molecule has 1 heterocycles. The van der Waals surface area contributed by atoms with Crippen LogP contribution < -0.4 is 4.74 Å². The number of carbonyl (C=O) groups excluding carboxylic acids is 1. The Bertz CT molecular complexity index is 792. The van der Waals surface area contributed by atoms with E-state index in [2.05, 4.69) is 24.1 Å². The van der Waals surface area contributed by atoms with Crippen LogP contribution in [0.25, 0.3) is 6.08 Å². The highest BCUT2D eigenvalue weighted by Gasteiger charge is 2.28. The zero-order valence-electron chi connectivity index (χ0n) is 15.1. The van der Waals surface area contributed by atoms with E-state index in [1.54, 1.807) is 37.5 Å². The smallest absolute Gasteiger partial charge is 0.247 e. The van der Waals surface area contributed by atoms with Crippen LogP contribution in [0.2, 0.25) is 5.02 Å². The number of hydrogen-bond donors (Lipinski definition) is 0. The van der Waals surface area contributed by atoms with Crippen molar-refractivity contribution in [1.29, 1.82) is 0 Å². The summed E-state index contributed by atoms with van der Waals surface area (Å²) in [7, 11) is 3.69. The highest BCUT2D eigenvalue weighted by Crippen LogP contribution is 2.27. The van der Waals surface area contributed by atoms with E-state index in [0.29, 0.717) is 17.3 Å². The van der Waals surface area contributed by atoms with Gasteiger partial charge in [0.25, 0.3) is 0 Å². The van der Waals surface area contributed by atoms with Gasteiger partial charge >= 0.3 is 0 Å². The maximum absolute atomic E-state index is 12.9. The van der Waals surface area contributed by atoms with Crippen LogP contribution in [-0.2, 0) is 4.79 Å². The van der Waals surface area contributed by atoms with Crippen LogP contribution in [0.1, 0.15) is 17.2 Å². The first-order chi connectivity index (χ1) is 12.6. The van der Waals surface area contributed by atoms with Gasteiger partial charge in [0.1, 0.15) is 5.75 Å². The monoisotopic (exact) mass is 370 g/mol. The number of halogens is 1. The minimum atomic E-state index is -0.00557. The number of hydrogen-bond acceptors (Lipinski definition) is 3. The maximum Gasteiger partial charge on any atom is 0.247 e. The topological polar surface area (TPSA) is 32.8 Å². The Balaban J connectivity index is 1.82. The third-order valence-electron chi connectivity index (χ3n) is 4.65. The Labute approximate surface area is 159 Å². The van der Waals surface area contributed by atoms with E-state index in [4.69, 9.17) is 16.3 Å². The van der Waals surface area contributed by atoms with E-state index in [-0.39, 0.29) is 11.9 Å². The largest absolute Gasteiger partial charge is 0.496 e. The number of methoxy groups -OCH3 is 1. The molecule has 26 heavy (non-hydrogen) atoms. The molecule has 5 heteroatoms. The molecule has 4 nitrogen and oxygen atoms in total. The van der Waals surface area contributed by atoms with Gasteiger partial charge in [-0.1, -0.05) is 41.9 Å². The van der Waals surface area contributed by atoms with E-state index in [0.717, 1.165) is 24.2 Å². The molecule has 2 aromatic rings. The first-order valence-corrected chi connectivity index (χ1v) is 9.02. The third kappa shape index (κ3) is 4.26. The van der Waals surface area contributed by atoms with Crippen LogP contribution in [0, 0.1) is 0 Å². The maximum atomic E-state index is 12.9. The molecule has 3 rings (SSSR count). The minimum absolute atomic E-state index is 0.00557. The average molecular weight is 371 g/mol. The molecular weight excluding hydrogens is 348 g/mol. The van der Waals surface area contributed by atoms with Crippen molar-refractivity contribution in [2.75, 3.05) is 33.8 Å². The average Bonchev–Trinajstić information content (AvgIpc) is 2.67. The summed E-state index contributed by atoms with van der Waals surface area (Å²) in [6.45, 7) is 2.39. The summed E-state index contributed by atoms with van der Waals surface area (Å²) in [6, 6.07) is 15.6. The van der Waals surface area contributed by atoms with Gasteiger partial charge in [-0.3, -0.25) is 4.79 Å². The number of carbonyl (C=O) groups is 1. The molecule has 136 valence electrons. The molecule has 0 N–H and O–H groups in total. The van der Waals surface area contributed by atoms with Crippen molar-refractivity contribution in [3.05, 3.63) is 70.8 Å². The first-order valence-electron chi connectivity index (χ1n) is 8.64. The molecule has 1 saturated heterocycles. The van der Waals surface area contributed by atoms with Gasteiger partial charge < -0.3 is 14.5 Å². The second-order valence-electron chi connectivity index (χ2n) is 6.44. The second kappa shape index (κ2) is 8.39. The van der Waals surface area contributed by atoms with Gasteiger partial charge in [0, 0.05) is 36.3 Å². The zero-order chi connectivity index (χ0) is 18.5. The van der Waals surface area contributed by atoms with Crippen molar-refractivity contribution < 1.29 is 9.53 Å². The quantitative estimate of drug-likeness (QED) is 0.766. The van der Waals surface area contributed by atoms with Crippen molar-refractivity contribution >= 4 is 23.6 Å². The van der Waals surface area contributed by atoms with Gasteiger partial charge in [-0.05, 0) is 36.9 Å². The van der Waals surface area contributed by atoms with Crippen LogP contribution in [0.5, 0.6) is 5.75 Å². The predicted octanol–water partition coefficient (Wildman–Crippen LogP) is 3.88. The van der Waals surface area contributed by atoms with E-state index in [9.17, 15) is 4.79 Å². The lowest BCUT2D eigenvalue weighted by atomic mass is 10.0. The van der Waals surface area contributed by atoms with Crippen LogP contribution in [0.15, 0.2) is 54.6 Å². The molecule has 1 aliphatic heterocycles. The standard InChI is InChI=1S/C21H23ClN2O2/c1-23-12-13-24(19(15-23)16-6-4-3-5-7-16)21(25)11-8-17-14-18(22)9-10-20(17)26-2/h3-11,14,19H,12-13,15H2,1-2H3/b11-8+. The van der Waals surface area contributed by atoms with Gasteiger partial charge in [-0.2, -0.15) is 0 Å². The Morgan fingerprint density at radius 3 is 2.69 bits per heavy atom. The number of amides is 1. The molecule has 0 radical (unpaired) electrons. The summed E-state index contributed by atoms with van der Waals surface area (Å²) in [5.41, 5.74) is 1.94. The molecule has 0 aromatic heterocycles. The Kier molecular flexibility index (Phi) is 5.96. The van der Waals surface area contributed by atoms with Crippen molar-refractivity contribution in [2.24, 2.45) is 0 Å². The molecule has 0 saturated carbocycles. The molecule has 0 spiro atoms.